The van der Waals surface area contributed by atoms with Crippen LogP contribution in [0.15, 0.2) is 0 Å². The summed E-state index contributed by atoms with van der Waals surface area (Å²) >= 11 is 1.59. The first-order valence-electron chi connectivity index (χ1n) is 4.22. The fourth-order valence-corrected chi connectivity index (χ4v) is 3.39. The lowest BCUT2D eigenvalue weighted by atomic mass is 9.70. The Morgan fingerprint density at radius 1 is 1.46 bits per heavy atom. The lowest BCUT2D eigenvalue weighted by Crippen LogP contribution is -2.65. The maximum absolute atomic E-state index is 11.1. The number of hydrogen-bond donors (Lipinski definition) is 2. The van der Waals surface area contributed by atoms with Crippen molar-refractivity contribution in [3.05, 3.63) is 0 Å². The molecule has 0 bridgehead atoms. The van der Waals surface area contributed by atoms with E-state index >= 15 is 0 Å². The molecule has 2 heterocycles. The number of carboxylic acid groups (broad SMARTS) is 1. The van der Waals surface area contributed by atoms with Gasteiger partial charge in [0.1, 0.15) is 11.0 Å². The molecular formula is C8H12O4S. The van der Waals surface area contributed by atoms with Crippen LogP contribution < -0.4 is 0 Å². The van der Waals surface area contributed by atoms with Gasteiger partial charge >= 0.3 is 5.97 Å². The van der Waals surface area contributed by atoms with Gasteiger partial charge in [-0.15, -0.1) is 0 Å². The van der Waals surface area contributed by atoms with E-state index in [1.807, 2.05) is 0 Å². The van der Waals surface area contributed by atoms with Crippen molar-refractivity contribution in [3.63, 3.8) is 0 Å². The van der Waals surface area contributed by atoms with Crippen LogP contribution in [0.4, 0.5) is 0 Å². The Hall–Kier alpha value is -0.260. The van der Waals surface area contributed by atoms with Gasteiger partial charge in [0, 0.05) is 5.75 Å². The van der Waals surface area contributed by atoms with E-state index in [0.29, 0.717) is 12.2 Å². The van der Waals surface area contributed by atoms with Crippen LogP contribution in [0.25, 0.3) is 0 Å². The van der Waals surface area contributed by atoms with Gasteiger partial charge < -0.3 is 14.9 Å². The fraction of sp³-hybridized carbons (Fsp3) is 0.875. The van der Waals surface area contributed by atoms with E-state index in [1.54, 1.807) is 11.8 Å². The Bertz CT molecular complexity index is 230. The van der Waals surface area contributed by atoms with Gasteiger partial charge in [0.25, 0.3) is 0 Å². The van der Waals surface area contributed by atoms with Gasteiger partial charge in [0.15, 0.2) is 0 Å². The number of aliphatic hydroxyl groups is 1. The van der Waals surface area contributed by atoms with E-state index in [-0.39, 0.29) is 13.2 Å². The molecule has 13 heavy (non-hydrogen) atoms. The summed E-state index contributed by atoms with van der Waals surface area (Å²) < 4.78 is 4.90. The SMILES string of the molecule is O=C(O)C1(C2(O)COC2)CCSC1. The van der Waals surface area contributed by atoms with Crippen LogP contribution in [-0.4, -0.2) is 46.5 Å². The van der Waals surface area contributed by atoms with Crippen LogP contribution in [0.3, 0.4) is 0 Å². The summed E-state index contributed by atoms with van der Waals surface area (Å²) in [6.07, 6.45) is 0.548. The van der Waals surface area contributed by atoms with Crippen molar-refractivity contribution in [1.82, 2.24) is 0 Å². The van der Waals surface area contributed by atoms with Gasteiger partial charge in [0.05, 0.1) is 13.2 Å². The fourth-order valence-electron chi connectivity index (χ4n) is 1.87. The van der Waals surface area contributed by atoms with Crippen LogP contribution in [0.2, 0.25) is 0 Å². The zero-order chi connectivity index (χ0) is 9.53. The van der Waals surface area contributed by atoms with Gasteiger partial charge in [-0.2, -0.15) is 11.8 Å². The summed E-state index contributed by atoms with van der Waals surface area (Å²) in [6, 6.07) is 0. The Balaban J connectivity index is 2.27. The Labute approximate surface area is 80.3 Å². The van der Waals surface area contributed by atoms with Crippen molar-refractivity contribution in [2.24, 2.45) is 5.41 Å². The van der Waals surface area contributed by atoms with Crippen LogP contribution in [0.1, 0.15) is 6.42 Å². The maximum atomic E-state index is 11.1. The predicted molar refractivity (Wildman–Crippen MR) is 47.8 cm³/mol. The third-order valence-electron chi connectivity index (χ3n) is 3.00. The molecule has 0 aromatic carbocycles. The van der Waals surface area contributed by atoms with Crippen LogP contribution >= 0.6 is 11.8 Å². The van der Waals surface area contributed by atoms with Crippen molar-refractivity contribution in [2.75, 3.05) is 24.7 Å². The monoisotopic (exact) mass is 204 g/mol. The average molecular weight is 204 g/mol. The summed E-state index contributed by atoms with van der Waals surface area (Å²) in [5.74, 6) is 0.430. The van der Waals surface area contributed by atoms with Crippen LogP contribution in [0.5, 0.6) is 0 Å². The minimum Gasteiger partial charge on any atom is -0.481 e. The molecule has 0 amide bonds. The van der Waals surface area contributed by atoms with E-state index in [9.17, 15) is 9.90 Å². The summed E-state index contributed by atoms with van der Waals surface area (Å²) in [7, 11) is 0. The summed E-state index contributed by atoms with van der Waals surface area (Å²) in [6.45, 7) is 0.333. The molecule has 5 heteroatoms. The first-order valence-corrected chi connectivity index (χ1v) is 5.37. The summed E-state index contributed by atoms with van der Waals surface area (Å²) in [5.41, 5.74) is -2.09. The molecule has 2 saturated heterocycles. The molecule has 2 fully saturated rings. The first kappa shape index (κ1) is 9.30. The molecule has 4 nitrogen and oxygen atoms in total. The quantitative estimate of drug-likeness (QED) is 0.660. The maximum Gasteiger partial charge on any atom is 0.313 e. The molecule has 0 aromatic rings. The molecule has 0 aromatic heterocycles. The highest BCUT2D eigenvalue weighted by Crippen LogP contribution is 2.47. The zero-order valence-corrected chi connectivity index (χ0v) is 7.97. The second-order valence-electron chi connectivity index (χ2n) is 3.71. The molecule has 0 radical (unpaired) electrons. The molecule has 2 rings (SSSR count). The highest BCUT2D eigenvalue weighted by Gasteiger charge is 2.61. The molecular weight excluding hydrogens is 192 g/mol. The van der Waals surface area contributed by atoms with Crippen molar-refractivity contribution in [2.45, 2.75) is 12.0 Å². The van der Waals surface area contributed by atoms with Crippen LogP contribution in [0, 0.1) is 5.41 Å². The van der Waals surface area contributed by atoms with Gasteiger partial charge in [-0.05, 0) is 12.2 Å². The third-order valence-corrected chi connectivity index (χ3v) is 4.19. The van der Waals surface area contributed by atoms with Gasteiger partial charge in [-0.1, -0.05) is 0 Å². The van der Waals surface area contributed by atoms with E-state index in [1.165, 1.54) is 0 Å². The second kappa shape index (κ2) is 2.87. The number of carboxylic acids is 1. The topological polar surface area (TPSA) is 66.8 Å². The average Bonchev–Trinajstić information content (AvgIpc) is 2.49. The van der Waals surface area contributed by atoms with Crippen molar-refractivity contribution >= 4 is 17.7 Å². The number of ether oxygens (including phenoxy) is 1. The van der Waals surface area contributed by atoms with Crippen molar-refractivity contribution in [3.8, 4) is 0 Å². The predicted octanol–water partition coefficient (Wildman–Crippen LogP) is -0.0444. The van der Waals surface area contributed by atoms with Gasteiger partial charge in [-0.25, -0.2) is 0 Å². The Morgan fingerprint density at radius 3 is 2.46 bits per heavy atom. The number of hydrogen-bond acceptors (Lipinski definition) is 4. The first-order chi connectivity index (χ1) is 6.11. The van der Waals surface area contributed by atoms with Crippen molar-refractivity contribution in [1.29, 1.82) is 0 Å². The number of rotatable bonds is 2. The second-order valence-corrected chi connectivity index (χ2v) is 4.82. The van der Waals surface area contributed by atoms with Gasteiger partial charge in [-0.3, -0.25) is 4.79 Å². The molecule has 74 valence electrons. The van der Waals surface area contributed by atoms with E-state index in [0.717, 1.165) is 5.75 Å². The highest BCUT2D eigenvalue weighted by atomic mass is 32.2. The summed E-state index contributed by atoms with van der Waals surface area (Å²) in [5, 5.41) is 19.1. The van der Waals surface area contributed by atoms with E-state index < -0.39 is 17.0 Å². The van der Waals surface area contributed by atoms with Gasteiger partial charge in [0.2, 0.25) is 0 Å². The normalized spacial score (nSPS) is 37.0. The third kappa shape index (κ3) is 1.11. The standard InChI is InChI=1S/C8H12O4S/c9-6(10)7(1-2-13-5-7)8(11)3-12-4-8/h11H,1-5H2,(H,9,10). The molecule has 1 atom stereocenters. The number of aliphatic carboxylic acids is 1. The Morgan fingerprint density at radius 2 is 2.15 bits per heavy atom. The molecule has 2 aliphatic rings. The molecule has 0 saturated carbocycles. The molecule has 0 spiro atoms. The van der Waals surface area contributed by atoms with E-state index in [2.05, 4.69) is 0 Å². The lowest BCUT2D eigenvalue weighted by Gasteiger charge is -2.47. The largest absolute Gasteiger partial charge is 0.481 e. The number of thioether (sulfide) groups is 1. The number of carbonyl (C=O) groups is 1. The van der Waals surface area contributed by atoms with Crippen molar-refractivity contribution < 1.29 is 19.7 Å². The minimum absolute atomic E-state index is 0.167. The highest BCUT2D eigenvalue weighted by molar-refractivity contribution is 7.99. The van der Waals surface area contributed by atoms with E-state index in [4.69, 9.17) is 9.84 Å². The summed E-state index contributed by atoms with van der Waals surface area (Å²) in [4.78, 5) is 11.1. The minimum atomic E-state index is -1.12. The zero-order valence-electron chi connectivity index (χ0n) is 7.15. The molecule has 1 unspecified atom stereocenters. The smallest absolute Gasteiger partial charge is 0.313 e. The molecule has 2 N–H and O–H groups in total. The molecule has 0 aliphatic carbocycles. The Kier molecular flexibility index (Phi) is 2.05. The lowest BCUT2D eigenvalue weighted by molar-refractivity contribution is -0.238. The molecule has 2 aliphatic heterocycles. The van der Waals surface area contributed by atoms with Crippen LogP contribution in [-0.2, 0) is 9.53 Å².